The molecule has 0 aliphatic rings. The molecule has 0 aliphatic carbocycles. The quantitative estimate of drug-likeness (QED) is 0.628. The topological polar surface area (TPSA) is 118 Å². The summed E-state index contributed by atoms with van der Waals surface area (Å²) in [4.78, 5) is 21.0. The van der Waals surface area contributed by atoms with Gasteiger partial charge in [0.2, 0.25) is 5.82 Å². The van der Waals surface area contributed by atoms with E-state index in [1.165, 1.54) is 31.3 Å². The summed E-state index contributed by atoms with van der Waals surface area (Å²) in [6.07, 6.45) is 0. The number of hydrogen-bond acceptors (Lipinski definition) is 5. The average Bonchev–Trinajstić information content (AvgIpc) is 2.55. The van der Waals surface area contributed by atoms with E-state index in [0.717, 1.165) is 18.2 Å². The van der Waals surface area contributed by atoms with Gasteiger partial charge in [-0.1, -0.05) is 0 Å². The highest BCUT2D eigenvalue weighted by atomic mass is 32.2. The molecular formula is C14H12FN3O5S. The Morgan fingerprint density at radius 2 is 1.79 bits per heavy atom. The minimum absolute atomic E-state index is 0.151. The van der Waals surface area contributed by atoms with E-state index in [2.05, 4.69) is 10.0 Å². The Balaban J connectivity index is 2.30. The molecule has 0 saturated heterocycles. The third-order valence-corrected chi connectivity index (χ3v) is 4.45. The van der Waals surface area contributed by atoms with Crippen molar-refractivity contribution in [3.05, 3.63) is 64.0 Å². The van der Waals surface area contributed by atoms with Gasteiger partial charge < -0.3 is 5.32 Å². The molecule has 0 fully saturated rings. The van der Waals surface area contributed by atoms with E-state index in [9.17, 15) is 27.7 Å². The summed E-state index contributed by atoms with van der Waals surface area (Å²) in [5.74, 6) is -1.45. The number of benzene rings is 2. The summed E-state index contributed by atoms with van der Waals surface area (Å²) in [5, 5.41) is 13.1. The second-order valence-electron chi connectivity index (χ2n) is 4.63. The van der Waals surface area contributed by atoms with Crippen LogP contribution in [0.5, 0.6) is 0 Å². The molecule has 2 aromatic carbocycles. The smallest absolute Gasteiger partial charge is 0.306 e. The first kappa shape index (κ1) is 17.3. The lowest BCUT2D eigenvalue weighted by Gasteiger charge is -2.09. The van der Waals surface area contributed by atoms with Crippen molar-refractivity contribution in [2.24, 2.45) is 0 Å². The molecule has 0 saturated carbocycles. The van der Waals surface area contributed by atoms with Gasteiger partial charge in [-0.25, -0.2) is 8.42 Å². The highest BCUT2D eigenvalue weighted by Gasteiger charge is 2.19. The number of amides is 1. The average molecular weight is 353 g/mol. The van der Waals surface area contributed by atoms with Crippen molar-refractivity contribution in [1.82, 2.24) is 5.32 Å². The van der Waals surface area contributed by atoms with Crippen LogP contribution < -0.4 is 10.0 Å². The first-order valence-corrected chi connectivity index (χ1v) is 8.02. The Bertz CT molecular complexity index is 897. The highest BCUT2D eigenvalue weighted by Crippen LogP contribution is 2.24. The number of sulfonamides is 1. The summed E-state index contributed by atoms with van der Waals surface area (Å²) in [7, 11) is -2.60. The molecule has 0 unspecified atom stereocenters. The van der Waals surface area contributed by atoms with Gasteiger partial charge in [0.15, 0.2) is 0 Å². The molecule has 2 N–H and O–H groups in total. The van der Waals surface area contributed by atoms with Gasteiger partial charge in [0, 0.05) is 18.7 Å². The lowest BCUT2D eigenvalue weighted by Crippen LogP contribution is -2.18. The molecule has 24 heavy (non-hydrogen) atoms. The Hall–Kier alpha value is -3.01. The van der Waals surface area contributed by atoms with E-state index >= 15 is 0 Å². The number of nitrogens with zero attached hydrogens (tertiary/aromatic N) is 1. The lowest BCUT2D eigenvalue weighted by molar-refractivity contribution is -0.387. The van der Waals surface area contributed by atoms with Crippen LogP contribution in [0.3, 0.4) is 0 Å². The molecule has 1 amide bonds. The SMILES string of the molecule is CNC(=O)c1ccc(S(=O)(=O)Nc2ccc(F)c([N+](=O)[O-])c2)cc1. The van der Waals surface area contributed by atoms with Crippen LogP contribution in [0.1, 0.15) is 10.4 Å². The normalized spacial score (nSPS) is 10.9. The van der Waals surface area contributed by atoms with Crippen molar-refractivity contribution < 1.29 is 22.5 Å². The number of nitro groups is 1. The van der Waals surface area contributed by atoms with Gasteiger partial charge in [-0.3, -0.25) is 19.6 Å². The van der Waals surface area contributed by atoms with Crippen molar-refractivity contribution >= 4 is 27.3 Å². The summed E-state index contributed by atoms with van der Waals surface area (Å²) in [5.41, 5.74) is -0.725. The molecule has 2 aromatic rings. The third-order valence-electron chi connectivity index (χ3n) is 3.05. The van der Waals surface area contributed by atoms with E-state index in [-0.39, 0.29) is 22.1 Å². The first-order valence-electron chi connectivity index (χ1n) is 6.53. The maximum Gasteiger partial charge on any atom is 0.306 e. The van der Waals surface area contributed by atoms with Crippen molar-refractivity contribution in [1.29, 1.82) is 0 Å². The molecule has 0 radical (unpaired) electrons. The number of anilines is 1. The Kier molecular flexibility index (Phi) is 4.79. The van der Waals surface area contributed by atoms with E-state index in [1.54, 1.807) is 0 Å². The molecule has 0 heterocycles. The molecule has 0 aromatic heterocycles. The number of carbonyl (C=O) groups is 1. The lowest BCUT2D eigenvalue weighted by atomic mass is 10.2. The number of nitro benzene ring substituents is 1. The van der Waals surface area contributed by atoms with Gasteiger partial charge in [-0.2, -0.15) is 4.39 Å². The van der Waals surface area contributed by atoms with E-state index in [1.807, 2.05) is 0 Å². The van der Waals surface area contributed by atoms with Crippen molar-refractivity contribution in [3.8, 4) is 0 Å². The molecule has 0 spiro atoms. The van der Waals surface area contributed by atoms with Gasteiger partial charge in [-0.05, 0) is 36.4 Å². The highest BCUT2D eigenvalue weighted by molar-refractivity contribution is 7.92. The van der Waals surface area contributed by atoms with Crippen LogP contribution in [-0.4, -0.2) is 26.3 Å². The van der Waals surface area contributed by atoms with Crippen LogP contribution in [0.4, 0.5) is 15.8 Å². The summed E-state index contributed by atoms with van der Waals surface area (Å²) in [6.45, 7) is 0. The second kappa shape index (κ2) is 6.62. The molecule has 126 valence electrons. The van der Waals surface area contributed by atoms with E-state index in [0.29, 0.717) is 0 Å². The number of rotatable bonds is 5. The van der Waals surface area contributed by atoms with Gasteiger partial charge in [0.1, 0.15) is 0 Å². The molecule has 8 nitrogen and oxygen atoms in total. The third kappa shape index (κ3) is 3.66. The van der Waals surface area contributed by atoms with Gasteiger partial charge in [0.05, 0.1) is 15.5 Å². The predicted molar refractivity (Wildman–Crippen MR) is 83.7 cm³/mol. The number of hydrogen-bond donors (Lipinski definition) is 2. The largest absolute Gasteiger partial charge is 0.355 e. The van der Waals surface area contributed by atoms with Gasteiger partial charge in [0.25, 0.3) is 15.9 Å². The van der Waals surface area contributed by atoms with Crippen molar-refractivity contribution in [3.63, 3.8) is 0 Å². The zero-order valence-corrected chi connectivity index (χ0v) is 13.1. The Morgan fingerprint density at radius 3 is 2.33 bits per heavy atom. The minimum Gasteiger partial charge on any atom is -0.355 e. The number of carbonyl (C=O) groups excluding carboxylic acids is 1. The zero-order valence-electron chi connectivity index (χ0n) is 12.3. The Labute approximate surface area is 136 Å². The summed E-state index contributed by atoms with van der Waals surface area (Å²) >= 11 is 0. The maximum atomic E-state index is 13.3. The molecule has 0 atom stereocenters. The molecule has 2 rings (SSSR count). The fourth-order valence-corrected chi connectivity index (χ4v) is 2.91. The maximum absolute atomic E-state index is 13.3. The molecular weight excluding hydrogens is 341 g/mol. The van der Waals surface area contributed by atoms with Gasteiger partial charge >= 0.3 is 5.69 Å². The molecule has 10 heteroatoms. The summed E-state index contributed by atoms with van der Waals surface area (Å²) < 4.78 is 39.9. The molecule has 0 bridgehead atoms. The van der Waals surface area contributed by atoms with Crippen LogP contribution >= 0.6 is 0 Å². The van der Waals surface area contributed by atoms with Crippen LogP contribution in [0, 0.1) is 15.9 Å². The fraction of sp³-hybridized carbons (Fsp3) is 0.0714. The number of halogens is 1. The van der Waals surface area contributed by atoms with Crippen LogP contribution in [0.25, 0.3) is 0 Å². The van der Waals surface area contributed by atoms with Crippen LogP contribution in [0.15, 0.2) is 47.4 Å². The van der Waals surface area contributed by atoms with E-state index < -0.39 is 26.5 Å². The standard InChI is InChI=1S/C14H12FN3O5S/c1-16-14(19)9-2-5-11(6-3-9)24(22,23)17-10-4-7-12(15)13(8-10)18(20)21/h2-8,17H,1H3,(H,16,19). The van der Waals surface area contributed by atoms with Crippen molar-refractivity contribution in [2.45, 2.75) is 4.90 Å². The summed E-state index contributed by atoms with van der Waals surface area (Å²) in [6, 6.07) is 7.71. The van der Waals surface area contributed by atoms with E-state index in [4.69, 9.17) is 0 Å². The second-order valence-corrected chi connectivity index (χ2v) is 6.31. The monoisotopic (exact) mass is 353 g/mol. The van der Waals surface area contributed by atoms with Crippen molar-refractivity contribution in [2.75, 3.05) is 11.8 Å². The fourth-order valence-electron chi connectivity index (χ4n) is 1.86. The minimum atomic E-state index is -4.04. The Morgan fingerprint density at radius 1 is 1.17 bits per heavy atom. The van der Waals surface area contributed by atoms with Gasteiger partial charge in [-0.15, -0.1) is 0 Å². The molecule has 0 aliphatic heterocycles. The van der Waals surface area contributed by atoms with Crippen LogP contribution in [-0.2, 0) is 10.0 Å². The van der Waals surface area contributed by atoms with Crippen LogP contribution in [0.2, 0.25) is 0 Å². The zero-order chi connectivity index (χ0) is 17.9. The predicted octanol–water partition coefficient (Wildman–Crippen LogP) is 1.89. The number of nitrogens with one attached hydrogen (secondary N) is 2. The first-order chi connectivity index (χ1) is 11.2.